The van der Waals surface area contributed by atoms with Crippen LogP contribution in [0.25, 0.3) is 0 Å². The lowest BCUT2D eigenvalue weighted by atomic mass is 10.2. The first-order valence-electron chi connectivity index (χ1n) is 5.18. The third-order valence-corrected chi connectivity index (χ3v) is 2.49. The van der Waals surface area contributed by atoms with E-state index in [1.54, 1.807) is 18.3 Å². The molecule has 0 spiro atoms. The van der Waals surface area contributed by atoms with E-state index in [0.717, 1.165) is 11.1 Å². The van der Waals surface area contributed by atoms with Gasteiger partial charge in [-0.3, -0.25) is 0 Å². The van der Waals surface area contributed by atoms with E-state index in [4.69, 9.17) is 22.7 Å². The number of rotatable bonds is 4. The van der Waals surface area contributed by atoms with Gasteiger partial charge in [0.25, 0.3) is 0 Å². The highest BCUT2D eigenvalue weighted by Crippen LogP contribution is 2.10. The molecule has 3 nitrogen and oxygen atoms in total. The van der Waals surface area contributed by atoms with Crippen LogP contribution in [0.15, 0.2) is 48.7 Å². The van der Waals surface area contributed by atoms with E-state index >= 15 is 0 Å². The third kappa shape index (κ3) is 3.26. The zero-order valence-electron chi connectivity index (χ0n) is 9.17. The highest BCUT2D eigenvalue weighted by atomic mass is 32.1. The number of pyridine rings is 1. The van der Waals surface area contributed by atoms with Crippen molar-refractivity contribution in [3.63, 3.8) is 0 Å². The van der Waals surface area contributed by atoms with Gasteiger partial charge >= 0.3 is 0 Å². The van der Waals surface area contributed by atoms with Crippen LogP contribution in [0.4, 0.5) is 0 Å². The van der Waals surface area contributed by atoms with E-state index in [1.165, 1.54) is 0 Å². The highest BCUT2D eigenvalue weighted by molar-refractivity contribution is 7.80. The topological polar surface area (TPSA) is 48.1 Å². The Morgan fingerprint density at radius 2 is 1.94 bits per heavy atom. The minimum absolute atomic E-state index is 0.340. The Hall–Kier alpha value is -1.94. The molecule has 0 unspecified atom stereocenters. The van der Waals surface area contributed by atoms with E-state index in [0.29, 0.717) is 17.5 Å². The molecule has 0 saturated carbocycles. The van der Waals surface area contributed by atoms with Crippen molar-refractivity contribution in [2.45, 2.75) is 6.61 Å². The molecule has 1 aromatic carbocycles. The van der Waals surface area contributed by atoms with Crippen molar-refractivity contribution in [1.29, 1.82) is 0 Å². The van der Waals surface area contributed by atoms with Crippen LogP contribution in [-0.4, -0.2) is 9.97 Å². The maximum absolute atomic E-state index is 5.53. The first-order valence-corrected chi connectivity index (χ1v) is 5.59. The number of ether oxygens (including phenoxy) is 1. The quantitative estimate of drug-likeness (QED) is 0.838. The first-order chi connectivity index (χ1) is 8.25. The Morgan fingerprint density at radius 1 is 1.18 bits per heavy atom. The van der Waals surface area contributed by atoms with Crippen molar-refractivity contribution in [3.8, 4) is 5.88 Å². The summed E-state index contributed by atoms with van der Waals surface area (Å²) in [6, 6.07) is 13.5. The maximum Gasteiger partial charge on any atom is 0.213 e. The van der Waals surface area contributed by atoms with Gasteiger partial charge in [0.2, 0.25) is 5.88 Å². The second-order valence-corrected chi connectivity index (χ2v) is 3.96. The molecule has 2 rings (SSSR count). The van der Waals surface area contributed by atoms with E-state index in [9.17, 15) is 0 Å². The van der Waals surface area contributed by atoms with Crippen molar-refractivity contribution >= 4 is 17.2 Å². The molecule has 0 aliphatic rings. The summed E-state index contributed by atoms with van der Waals surface area (Å²) in [5.41, 5.74) is 7.33. The molecule has 0 radical (unpaired) electrons. The van der Waals surface area contributed by atoms with E-state index in [-0.39, 0.29) is 0 Å². The van der Waals surface area contributed by atoms with Crippen LogP contribution >= 0.6 is 12.2 Å². The average molecular weight is 244 g/mol. The smallest absolute Gasteiger partial charge is 0.213 e. The van der Waals surface area contributed by atoms with Crippen LogP contribution < -0.4 is 10.5 Å². The normalized spacial score (nSPS) is 9.88. The molecule has 0 bridgehead atoms. The summed E-state index contributed by atoms with van der Waals surface area (Å²) < 4.78 is 5.53. The predicted molar refractivity (Wildman–Crippen MR) is 70.9 cm³/mol. The Labute approximate surface area is 105 Å². The molecule has 1 aromatic heterocycles. The lowest BCUT2D eigenvalue weighted by Crippen LogP contribution is -2.09. The van der Waals surface area contributed by atoms with Crippen LogP contribution in [0.2, 0.25) is 0 Å². The van der Waals surface area contributed by atoms with Crippen LogP contribution in [0.3, 0.4) is 0 Å². The van der Waals surface area contributed by atoms with Gasteiger partial charge in [-0.15, -0.1) is 0 Å². The van der Waals surface area contributed by atoms with Crippen LogP contribution in [0.1, 0.15) is 11.1 Å². The van der Waals surface area contributed by atoms with Gasteiger partial charge in [-0.1, -0.05) is 42.5 Å². The maximum atomic E-state index is 5.53. The molecular formula is C13H12N2OS. The van der Waals surface area contributed by atoms with E-state index in [2.05, 4.69) is 4.98 Å². The number of aromatic nitrogens is 1. The monoisotopic (exact) mass is 244 g/mol. The summed E-state index contributed by atoms with van der Waals surface area (Å²) in [5.74, 6) is 0.564. The van der Waals surface area contributed by atoms with Gasteiger partial charge in [0, 0.05) is 17.8 Å². The van der Waals surface area contributed by atoms with Crippen molar-refractivity contribution in [3.05, 3.63) is 59.8 Å². The SMILES string of the molecule is NC(=S)c1ccc(OCc2ccccc2)nc1. The Bertz CT molecular complexity index is 497. The summed E-state index contributed by atoms with van der Waals surface area (Å²) >= 11 is 4.84. The fraction of sp³-hybridized carbons (Fsp3) is 0.0769. The predicted octanol–water partition coefficient (Wildman–Crippen LogP) is 2.29. The van der Waals surface area contributed by atoms with Crippen molar-refractivity contribution in [1.82, 2.24) is 4.98 Å². The number of benzene rings is 1. The largest absolute Gasteiger partial charge is 0.473 e. The summed E-state index contributed by atoms with van der Waals surface area (Å²) in [5, 5.41) is 0. The number of nitrogens with two attached hydrogens (primary N) is 1. The van der Waals surface area contributed by atoms with Gasteiger partial charge in [-0.05, 0) is 11.6 Å². The molecule has 0 aliphatic heterocycles. The molecule has 17 heavy (non-hydrogen) atoms. The number of thiocarbonyl (C=S) groups is 1. The van der Waals surface area contributed by atoms with Gasteiger partial charge < -0.3 is 10.5 Å². The molecular weight excluding hydrogens is 232 g/mol. The molecule has 0 amide bonds. The summed E-state index contributed by atoms with van der Waals surface area (Å²) in [6.07, 6.45) is 1.61. The van der Waals surface area contributed by atoms with Gasteiger partial charge in [0.05, 0.1) is 0 Å². The summed E-state index contributed by atoms with van der Waals surface area (Å²) in [7, 11) is 0. The van der Waals surface area contributed by atoms with Crippen molar-refractivity contribution in [2.24, 2.45) is 5.73 Å². The molecule has 0 fully saturated rings. The Kier molecular flexibility index (Phi) is 3.67. The fourth-order valence-corrected chi connectivity index (χ4v) is 1.46. The van der Waals surface area contributed by atoms with Gasteiger partial charge in [-0.2, -0.15) is 0 Å². The minimum atomic E-state index is 0.340. The lowest BCUT2D eigenvalue weighted by Gasteiger charge is -2.05. The van der Waals surface area contributed by atoms with Crippen LogP contribution in [-0.2, 0) is 6.61 Å². The number of nitrogens with zero attached hydrogens (tertiary/aromatic N) is 1. The summed E-state index contributed by atoms with van der Waals surface area (Å²) in [6.45, 7) is 0.500. The molecule has 2 N–H and O–H groups in total. The summed E-state index contributed by atoms with van der Waals surface area (Å²) in [4.78, 5) is 4.47. The Balaban J connectivity index is 1.98. The fourth-order valence-electron chi connectivity index (χ4n) is 1.34. The molecule has 86 valence electrons. The van der Waals surface area contributed by atoms with E-state index < -0.39 is 0 Å². The lowest BCUT2D eigenvalue weighted by molar-refractivity contribution is 0.294. The van der Waals surface area contributed by atoms with Crippen molar-refractivity contribution in [2.75, 3.05) is 0 Å². The number of hydrogen-bond acceptors (Lipinski definition) is 3. The van der Waals surface area contributed by atoms with E-state index in [1.807, 2.05) is 30.3 Å². The molecule has 4 heteroatoms. The minimum Gasteiger partial charge on any atom is -0.473 e. The van der Waals surface area contributed by atoms with Gasteiger partial charge in [0.1, 0.15) is 11.6 Å². The third-order valence-electron chi connectivity index (χ3n) is 2.25. The second-order valence-electron chi connectivity index (χ2n) is 3.52. The molecule has 0 saturated heterocycles. The molecule has 2 aromatic rings. The zero-order valence-corrected chi connectivity index (χ0v) is 9.98. The second kappa shape index (κ2) is 5.41. The first kappa shape index (κ1) is 11.5. The highest BCUT2D eigenvalue weighted by Gasteiger charge is 1.99. The van der Waals surface area contributed by atoms with Gasteiger partial charge in [0.15, 0.2) is 0 Å². The number of hydrogen-bond donors (Lipinski definition) is 1. The average Bonchev–Trinajstić information content (AvgIpc) is 2.38. The van der Waals surface area contributed by atoms with Crippen LogP contribution in [0, 0.1) is 0 Å². The standard InChI is InChI=1S/C13H12N2OS/c14-13(17)11-6-7-12(15-8-11)16-9-10-4-2-1-3-5-10/h1-8H,9H2,(H2,14,17). The van der Waals surface area contributed by atoms with Crippen molar-refractivity contribution < 1.29 is 4.74 Å². The molecule has 0 aliphatic carbocycles. The molecule has 0 atom stereocenters. The molecule has 1 heterocycles. The van der Waals surface area contributed by atoms with Gasteiger partial charge in [-0.25, -0.2) is 4.98 Å². The zero-order chi connectivity index (χ0) is 12.1. The van der Waals surface area contributed by atoms with Crippen LogP contribution in [0.5, 0.6) is 5.88 Å². The Morgan fingerprint density at radius 3 is 2.53 bits per heavy atom.